The third-order valence-electron chi connectivity index (χ3n) is 2.98. The summed E-state index contributed by atoms with van der Waals surface area (Å²) in [5, 5.41) is 18.2. The molecule has 1 heterocycles. The van der Waals surface area contributed by atoms with Crippen LogP contribution < -0.4 is 15.4 Å². The molecular formula is C13H22N4O4. The standard InChI is InChI=1S/C13H22N4O4/c1-4-10-9(12(21-3)17(2)16-10)8-15-13(20)14-7-5-6-11(18)19/h4-8H2,1-3H3,(H,18,19)(H2,14,15,20). The van der Waals surface area contributed by atoms with Crippen molar-refractivity contribution in [1.29, 1.82) is 0 Å². The first-order valence-electron chi connectivity index (χ1n) is 6.81. The summed E-state index contributed by atoms with van der Waals surface area (Å²) in [5.41, 5.74) is 1.73. The van der Waals surface area contributed by atoms with E-state index < -0.39 is 5.97 Å². The summed E-state index contributed by atoms with van der Waals surface area (Å²) >= 11 is 0. The molecule has 0 unspecified atom stereocenters. The molecule has 0 saturated heterocycles. The van der Waals surface area contributed by atoms with Crippen molar-refractivity contribution in [3.63, 3.8) is 0 Å². The van der Waals surface area contributed by atoms with Crippen molar-refractivity contribution < 1.29 is 19.4 Å². The van der Waals surface area contributed by atoms with Crippen molar-refractivity contribution in [2.24, 2.45) is 7.05 Å². The number of aromatic nitrogens is 2. The topological polar surface area (TPSA) is 105 Å². The Labute approximate surface area is 123 Å². The maximum atomic E-state index is 11.6. The van der Waals surface area contributed by atoms with Crippen LogP contribution in [0.4, 0.5) is 4.79 Å². The van der Waals surface area contributed by atoms with Crippen LogP contribution >= 0.6 is 0 Å². The normalized spacial score (nSPS) is 10.2. The maximum Gasteiger partial charge on any atom is 0.315 e. The average molecular weight is 298 g/mol. The Kier molecular flexibility index (Phi) is 6.51. The molecule has 2 amide bonds. The summed E-state index contributed by atoms with van der Waals surface area (Å²) in [6.07, 6.45) is 1.18. The van der Waals surface area contributed by atoms with Gasteiger partial charge in [-0.1, -0.05) is 6.92 Å². The number of rotatable bonds is 8. The van der Waals surface area contributed by atoms with Crippen LogP contribution in [0.5, 0.6) is 5.88 Å². The van der Waals surface area contributed by atoms with Crippen molar-refractivity contribution in [3.05, 3.63) is 11.3 Å². The molecule has 0 aliphatic carbocycles. The molecule has 1 aromatic rings. The van der Waals surface area contributed by atoms with E-state index in [2.05, 4.69) is 15.7 Å². The lowest BCUT2D eigenvalue weighted by Crippen LogP contribution is -2.35. The average Bonchev–Trinajstić information content (AvgIpc) is 2.76. The lowest BCUT2D eigenvalue weighted by atomic mass is 10.2. The number of nitrogens with zero attached hydrogens (tertiary/aromatic N) is 2. The van der Waals surface area contributed by atoms with Crippen molar-refractivity contribution in [2.45, 2.75) is 32.7 Å². The predicted molar refractivity (Wildman–Crippen MR) is 76.2 cm³/mol. The molecule has 3 N–H and O–H groups in total. The van der Waals surface area contributed by atoms with E-state index in [0.717, 1.165) is 17.7 Å². The first-order valence-corrected chi connectivity index (χ1v) is 6.81. The van der Waals surface area contributed by atoms with Gasteiger partial charge in [-0.3, -0.25) is 4.79 Å². The van der Waals surface area contributed by atoms with Crippen LogP contribution in [0.2, 0.25) is 0 Å². The lowest BCUT2D eigenvalue weighted by molar-refractivity contribution is -0.137. The van der Waals surface area contributed by atoms with Gasteiger partial charge in [0.15, 0.2) is 0 Å². The summed E-state index contributed by atoms with van der Waals surface area (Å²) in [6.45, 7) is 2.62. The van der Waals surface area contributed by atoms with E-state index >= 15 is 0 Å². The molecule has 8 heteroatoms. The van der Waals surface area contributed by atoms with Gasteiger partial charge in [-0.25, -0.2) is 9.48 Å². The van der Waals surface area contributed by atoms with Gasteiger partial charge in [0.05, 0.1) is 24.9 Å². The Balaban J connectivity index is 2.47. The van der Waals surface area contributed by atoms with Crippen LogP contribution in [0.3, 0.4) is 0 Å². The first kappa shape index (κ1) is 16.8. The highest BCUT2D eigenvalue weighted by molar-refractivity contribution is 5.74. The molecule has 0 saturated carbocycles. The smallest absolute Gasteiger partial charge is 0.315 e. The SMILES string of the molecule is CCc1nn(C)c(OC)c1CNC(=O)NCCCC(=O)O. The first-order chi connectivity index (χ1) is 9.99. The van der Waals surface area contributed by atoms with E-state index in [1.54, 1.807) is 18.8 Å². The molecule has 0 bridgehead atoms. The molecule has 21 heavy (non-hydrogen) atoms. The van der Waals surface area contributed by atoms with Gasteiger partial charge in [-0.15, -0.1) is 0 Å². The van der Waals surface area contributed by atoms with Crippen molar-refractivity contribution >= 4 is 12.0 Å². The number of carbonyl (C=O) groups excluding carboxylic acids is 1. The minimum Gasteiger partial charge on any atom is -0.481 e. The fourth-order valence-electron chi connectivity index (χ4n) is 2.00. The number of ether oxygens (including phenoxy) is 1. The van der Waals surface area contributed by atoms with Crippen LogP contribution in [0.25, 0.3) is 0 Å². The third kappa shape index (κ3) is 4.97. The lowest BCUT2D eigenvalue weighted by Gasteiger charge is -2.08. The number of aliphatic carboxylic acids is 1. The minimum atomic E-state index is -0.870. The fraction of sp³-hybridized carbons (Fsp3) is 0.615. The molecule has 118 valence electrons. The van der Waals surface area contributed by atoms with Gasteiger partial charge in [0.25, 0.3) is 0 Å². The molecule has 1 aromatic heterocycles. The summed E-state index contributed by atoms with van der Waals surface area (Å²) in [4.78, 5) is 22.0. The number of hydrogen-bond acceptors (Lipinski definition) is 4. The van der Waals surface area contributed by atoms with Gasteiger partial charge < -0.3 is 20.5 Å². The van der Waals surface area contributed by atoms with Crippen LogP contribution in [-0.4, -0.2) is 40.5 Å². The zero-order valence-corrected chi connectivity index (χ0v) is 12.6. The Morgan fingerprint density at radius 2 is 2.10 bits per heavy atom. The Hall–Kier alpha value is -2.25. The number of urea groups is 1. The van der Waals surface area contributed by atoms with Crippen molar-refractivity contribution in [1.82, 2.24) is 20.4 Å². The molecule has 0 atom stereocenters. The highest BCUT2D eigenvalue weighted by Crippen LogP contribution is 2.21. The summed E-state index contributed by atoms with van der Waals surface area (Å²) in [6, 6.07) is -0.339. The third-order valence-corrected chi connectivity index (χ3v) is 2.98. The van der Waals surface area contributed by atoms with Crippen LogP contribution in [0.15, 0.2) is 0 Å². The minimum absolute atomic E-state index is 0.0384. The molecule has 0 radical (unpaired) electrons. The van der Waals surface area contributed by atoms with Crippen LogP contribution in [0, 0.1) is 0 Å². The molecule has 0 aliphatic rings. The van der Waals surface area contributed by atoms with Crippen molar-refractivity contribution in [3.8, 4) is 5.88 Å². The maximum absolute atomic E-state index is 11.6. The number of methoxy groups -OCH3 is 1. The van der Waals surface area contributed by atoms with E-state index in [-0.39, 0.29) is 12.5 Å². The Morgan fingerprint density at radius 3 is 2.67 bits per heavy atom. The van der Waals surface area contributed by atoms with Crippen molar-refractivity contribution in [2.75, 3.05) is 13.7 Å². The summed E-state index contributed by atoms with van der Waals surface area (Å²) < 4.78 is 6.92. The molecular weight excluding hydrogens is 276 g/mol. The summed E-state index contributed by atoms with van der Waals surface area (Å²) in [7, 11) is 3.35. The second-order valence-corrected chi connectivity index (χ2v) is 4.52. The molecule has 0 spiro atoms. The molecule has 0 fully saturated rings. The second-order valence-electron chi connectivity index (χ2n) is 4.52. The van der Waals surface area contributed by atoms with E-state index in [4.69, 9.17) is 9.84 Å². The van der Waals surface area contributed by atoms with Crippen LogP contribution in [0.1, 0.15) is 31.0 Å². The van der Waals surface area contributed by atoms with Crippen LogP contribution in [-0.2, 0) is 24.8 Å². The molecule has 0 aromatic carbocycles. The number of hydrogen-bond donors (Lipinski definition) is 3. The zero-order chi connectivity index (χ0) is 15.8. The Bertz CT molecular complexity index is 499. The van der Waals surface area contributed by atoms with E-state index in [9.17, 15) is 9.59 Å². The van der Waals surface area contributed by atoms with E-state index in [1.807, 2.05) is 6.92 Å². The monoisotopic (exact) mass is 298 g/mol. The molecule has 1 rings (SSSR count). The highest BCUT2D eigenvalue weighted by Gasteiger charge is 2.16. The molecule has 8 nitrogen and oxygen atoms in total. The highest BCUT2D eigenvalue weighted by atomic mass is 16.5. The summed E-state index contributed by atoms with van der Waals surface area (Å²) in [5.74, 6) is -0.247. The van der Waals surface area contributed by atoms with Gasteiger partial charge in [0.2, 0.25) is 5.88 Å². The zero-order valence-electron chi connectivity index (χ0n) is 12.6. The van der Waals surface area contributed by atoms with E-state index in [1.165, 1.54) is 0 Å². The van der Waals surface area contributed by atoms with Gasteiger partial charge in [-0.05, 0) is 12.8 Å². The quantitative estimate of drug-likeness (QED) is 0.611. The number of aryl methyl sites for hydroxylation is 2. The van der Waals surface area contributed by atoms with Gasteiger partial charge >= 0.3 is 12.0 Å². The number of carboxylic acids is 1. The van der Waals surface area contributed by atoms with Gasteiger partial charge in [-0.2, -0.15) is 5.10 Å². The Morgan fingerprint density at radius 1 is 1.38 bits per heavy atom. The number of carbonyl (C=O) groups is 2. The molecule has 0 aliphatic heterocycles. The number of carboxylic acid groups (broad SMARTS) is 1. The fourth-order valence-corrected chi connectivity index (χ4v) is 2.00. The number of amides is 2. The second kappa shape index (κ2) is 8.13. The van der Waals surface area contributed by atoms with Gasteiger partial charge in [0.1, 0.15) is 0 Å². The van der Waals surface area contributed by atoms with E-state index in [0.29, 0.717) is 25.4 Å². The largest absolute Gasteiger partial charge is 0.481 e. The van der Waals surface area contributed by atoms with Gasteiger partial charge in [0, 0.05) is 20.0 Å². The number of nitrogens with one attached hydrogen (secondary N) is 2. The predicted octanol–water partition coefficient (Wildman–Crippen LogP) is 0.655.